The van der Waals surface area contributed by atoms with Gasteiger partial charge in [-0.1, -0.05) is 41.9 Å². The normalized spacial score (nSPS) is 12.1. The zero-order valence-electron chi connectivity index (χ0n) is 13.8. The predicted octanol–water partition coefficient (Wildman–Crippen LogP) is 4.33. The van der Waals surface area contributed by atoms with Crippen molar-refractivity contribution in [3.8, 4) is 11.3 Å². The molecule has 26 heavy (non-hydrogen) atoms. The molecular weight excluding hydrogens is 356 g/mol. The van der Waals surface area contributed by atoms with Gasteiger partial charge in [-0.15, -0.1) is 0 Å². The summed E-state index contributed by atoms with van der Waals surface area (Å²) in [4.78, 5) is 10.7. The van der Waals surface area contributed by atoms with Crippen LogP contribution < -0.4 is 5.32 Å². The van der Waals surface area contributed by atoms with Crippen LogP contribution in [-0.2, 0) is 6.54 Å². The summed E-state index contributed by atoms with van der Waals surface area (Å²) in [7, 11) is 0. The van der Waals surface area contributed by atoms with Gasteiger partial charge < -0.3 is 14.8 Å². The lowest BCUT2D eigenvalue weighted by molar-refractivity contribution is -0.384. The molecule has 3 rings (SSSR count). The fraction of sp³-hybridized carbons (Fsp3) is 0.158. The summed E-state index contributed by atoms with van der Waals surface area (Å²) in [5.74, 6) is 1.01. The molecule has 6 nitrogen and oxygen atoms in total. The lowest BCUT2D eigenvalue weighted by Gasteiger charge is -2.11. The molecule has 1 unspecified atom stereocenters. The molecule has 7 heteroatoms. The van der Waals surface area contributed by atoms with E-state index in [1.165, 1.54) is 6.07 Å². The molecule has 134 valence electrons. The second-order valence-electron chi connectivity index (χ2n) is 5.74. The van der Waals surface area contributed by atoms with E-state index in [4.69, 9.17) is 16.0 Å². The van der Waals surface area contributed by atoms with Crippen molar-refractivity contribution in [1.82, 2.24) is 5.32 Å². The van der Waals surface area contributed by atoms with Crippen LogP contribution in [0, 0.1) is 10.1 Å². The van der Waals surface area contributed by atoms with Gasteiger partial charge in [-0.2, -0.15) is 0 Å². The molecule has 0 aliphatic heterocycles. The zero-order valence-corrected chi connectivity index (χ0v) is 14.5. The van der Waals surface area contributed by atoms with E-state index in [1.54, 1.807) is 24.3 Å². The maximum absolute atomic E-state index is 11.2. The standard InChI is InChI=1S/C19H17ClN2O4/c20-14-6-8-16(17(10-14)22(24)25)19-9-7-15(26-19)11-21-12-18(23)13-4-2-1-3-5-13/h1-10,18,21,23H,11-12H2. The van der Waals surface area contributed by atoms with Crippen LogP contribution in [0.25, 0.3) is 11.3 Å². The summed E-state index contributed by atoms with van der Waals surface area (Å²) in [6, 6.07) is 17.2. The van der Waals surface area contributed by atoms with Crippen LogP contribution in [-0.4, -0.2) is 16.6 Å². The summed E-state index contributed by atoms with van der Waals surface area (Å²) in [6.07, 6.45) is -0.622. The highest BCUT2D eigenvalue weighted by atomic mass is 35.5. The number of hydrogen-bond acceptors (Lipinski definition) is 5. The molecule has 0 radical (unpaired) electrons. The highest BCUT2D eigenvalue weighted by molar-refractivity contribution is 6.30. The molecule has 3 aromatic rings. The molecule has 0 fully saturated rings. The smallest absolute Gasteiger partial charge is 0.281 e. The highest BCUT2D eigenvalue weighted by Crippen LogP contribution is 2.33. The summed E-state index contributed by atoms with van der Waals surface area (Å²) >= 11 is 5.83. The number of nitro groups is 1. The van der Waals surface area contributed by atoms with E-state index in [0.717, 1.165) is 5.56 Å². The third-order valence-electron chi connectivity index (χ3n) is 3.90. The van der Waals surface area contributed by atoms with E-state index in [-0.39, 0.29) is 5.69 Å². The summed E-state index contributed by atoms with van der Waals surface area (Å²) in [6.45, 7) is 0.756. The number of rotatable bonds is 7. The minimum atomic E-state index is -0.622. The Morgan fingerprint density at radius 3 is 2.65 bits per heavy atom. The number of hydrogen-bond donors (Lipinski definition) is 2. The van der Waals surface area contributed by atoms with Crippen molar-refractivity contribution < 1.29 is 14.4 Å². The summed E-state index contributed by atoms with van der Waals surface area (Å²) in [5.41, 5.74) is 1.10. The average molecular weight is 373 g/mol. The molecule has 0 saturated heterocycles. The first-order chi connectivity index (χ1) is 12.5. The Hall–Kier alpha value is -2.67. The van der Waals surface area contributed by atoms with Gasteiger partial charge >= 0.3 is 0 Å². The number of halogens is 1. The van der Waals surface area contributed by atoms with Gasteiger partial charge in [0.25, 0.3) is 5.69 Å². The number of aliphatic hydroxyl groups excluding tert-OH is 1. The van der Waals surface area contributed by atoms with Crippen molar-refractivity contribution >= 4 is 17.3 Å². The Morgan fingerprint density at radius 1 is 1.15 bits per heavy atom. The Bertz CT molecular complexity index is 896. The van der Waals surface area contributed by atoms with Crippen LogP contribution in [0.3, 0.4) is 0 Å². The van der Waals surface area contributed by atoms with E-state index in [9.17, 15) is 15.2 Å². The molecule has 1 heterocycles. The first-order valence-corrected chi connectivity index (χ1v) is 8.39. The molecule has 0 saturated carbocycles. The van der Waals surface area contributed by atoms with E-state index in [2.05, 4.69) is 5.32 Å². The lowest BCUT2D eigenvalue weighted by Crippen LogP contribution is -2.20. The van der Waals surface area contributed by atoms with Gasteiger partial charge in [-0.05, 0) is 29.8 Å². The molecule has 0 spiro atoms. The van der Waals surface area contributed by atoms with Crippen LogP contribution in [0.4, 0.5) is 5.69 Å². The monoisotopic (exact) mass is 372 g/mol. The van der Waals surface area contributed by atoms with Crippen molar-refractivity contribution in [2.24, 2.45) is 0 Å². The molecule has 0 aliphatic carbocycles. The van der Waals surface area contributed by atoms with Crippen molar-refractivity contribution in [2.75, 3.05) is 6.54 Å². The van der Waals surface area contributed by atoms with Crippen molar-refractivity contribution in [1.29, 1.82) is 0 Å². The van der Waals surface area contributed by atoms with Crippen LogP contribution in [0.5, 0.6) is 0 Å². The Morgan fingerprint density at radius 2 is 1.92 bits per heavy atom. The summed E-state index contributed by atoms with van der Waals surface area (Å²) in [5, 5.41) is 24.7. The predicted molar refractivity (Wildman–Crippen MR) is 98.9 cm³/mol. The number of nitrogens with one attached hydrogen (secondary N) is 1. The maximum atomic E-state index is 11.2. The molecule has 0 aliphatic rings. The Balaban J connectivity index is 1.65. The number of nitro benzene ring substituents is 1. The van der Waals surface area contributed by atoms with Gasteiger partial charge in [0, 0.05) is 17.6 Å². The minimum Gasteiger partial charge on any atom is -0.459 e. The quantitative estimate of drug-likeness (QED) is 0.476. The first-order valence-electron chi connectivity index (χ1n) is 8.01. The van der Waals surface area contributed by atoms with Crippen LogP contribution in [0.15, 0.2) is 65.1 Å². The Labute approximate surface area is 155 Å². The molecule has 0 bridgehead atoms. The van der Waals surface area contributed by atoms with E-state index in [1.807, 2.05) is 30.3 Å². The van der Waals surface area contributed by atoms with Crippen molar-refractivity contribution in [3.05, 3.63) is 87.1 Å². The van der Waals surface area contributed by atoms with Gasteiger partial charge in [-0.3, -0.25) is 10.1 Å². The molecular formula is C19H17ClN2O4. The maximum Gasteiger partial charge on any atom is 0.281 e. The summed E-state index contributed by atoms with van der Waals surface area (Å²) < 4.78 is 5.70. The molecule has 1 aromatic heterocycles. The van der Waals surface area contributed by atoms with Crippen LogP contribution >= 0.6 is 11.6 Å². The van der Waals surface area contributed by atoms with E-state index in [0.29, 0.717) is 35.2 Å². The van der Waals surface area contributed by atoms with Gasteiger partial charge in [0.15, 0.2) is 0 Å². The third-order valence-corrected chi connectivity index (χ3v) is 4.14. The molecule has 1 atom stereocenters. The minimum absolute atomic E-state index is 0.106. The third kappa shape index (κ3) is 4.29. The second kappa shape index (κ2) is 8.14. The van der Waals surface area contributed by atoms with Gasteiger partial charge in [0.05, 0.1) is 23.1 Å². The number of nitrogens with zero attached hydrogens (tertiary/aromatic N) is 1. The van der Waals surface area contributed by atoms with Gasteiger partial charge in [-0.25, -0.2) is 0 Å². The average Bonchev–Trinajstić information content (AvgIpc) is 3.11. The molecule has 2 aromatic carbocycles. The number of aliphatic hydroxyl groups is 1. The number of furan rings is 1. The van der Waals surface area contributed by atoms with Gasteiger partial charge in [0.1, 0.15) is 11.5 Å². The van der Waals surface area contributed by atoms with Crippen molar-refractivity contribution in [2.45, 2.75) is 12.6 Å². The fourth-order valence-electron chi connectivity index (χ4n) is 2.61. The largest absolute Gasteiger partial charge is 0.459 e. The van der Waals surface area contributed by atoms with E-state index >= 15 is 0 Å². The lowest BCUT2D eigenvalue weighted by atomic mass is 10.1. The highest BCUT2D eigenvalue weighted by Gasteiger charge is 2.18. The second-order valence-corrected chi connectivity index (χ2v) is 6.18. The van der Waals surface area contributed by atoms with Crippen LogP contribution in [0.1, 0.15) is 17.4 Å². The fourth-order valence-corrected chi connectivity index (χ4v) is 2.77. The van der Waals surface area contributed by atoms with E-state index < -0.39 is 11.0 Å². The topological polar surface area (TPSA) is 88.5 Å². The Kier molecular flexibility index (Phi) is 5.68. The number of benzene rings is 2. The SMILES string of the molecule is O=[N+]([O-])c1cc(Cl)ccc1-c1ccc(CNCC(O)c2ccccc2)o1. The van der Waals surface area contributed by atoms with Gasteiger partial charge in [0.2, 0.25) is 0 Å². The van der Waals surface area contributed by atoms with Crippen molar-refractivity contribution in [3.63, 3.8) is 0 Å². The van der Waals surface area contributed by atoms with Crippen LogP contribution in [0.2, 0.25) is 5.02 Å². The molecule has 0 amide bonds. The first kappa shape index (κ1) is 18.1. The zero-order chi connectivity index (χ0) is 18.5. The molecule has 2 N–H and O–H groups in total.